The molecule has 2 aromatic rings. The number of amides is 2. The Labute approximate surface area is 167 Å². The molecule has 0 spiro atoms. The molecule has 0 saturated carbocycles. The van der Waals surface area contributed by atoms with Gasteiger partial charge in [0.2, 0.25) is 0 Å². The number of aliphatic hydroxyl groups is 1. The third-order valence-electron chi connectivity index (χ3n) is 3.63. The highest BCUT2D eigenvalue weighted by molar-refractivity contribution is 6.42. The lowest BCUT2D eigenvalue weighted by Gasteiger charge is -2.28. The molecule has 0 aromatic heterocycles. The number of carbonyl (C=O) groups is 2. The highest BCUT2D eigenvalue weighted by Crippen LogP contribution is 2.40. The number of rotatable bonds is 4. The molecule has 0 aliphatic carbocycles. The summed E-state index contributed by atoms with van der Waals surface area (Å²) >= 11 is 11.6. The molecule has 0 saturated heterocycles. The molecule has 28 heavy (non-hydrogen) atoms. The zero-order chi connectivity index (χ0) is 21.1. The molecular formula is C17H13Cl2F3N2O4. The van der Waals surface area contributed by atoms with Crippen molar-refractivity contribution < 1.29 is 32.6 Å². The van der Waals surface area contributed by atoms with Crippen LogP contribution < -0.4 is 10.6 Å². The van der Waals surface area contributed by atoms with E-state index in [9.17, 15) is 27.9 Å². The van der Waals surface area contributed by atoms with E-state index in [0.717, 1.165) is 31.4 Å². The first kappa shape index (κ1) is 21.8. The second-order valence-corrected chi connectivity index (χ2v) is 6.30. The lowest BCUT2D eigenvalue weighted by molar-refractivity contribution is -0.266. The Kier molecular flexibility index (Phi) is 6.43. The molecule has 1 atom stereocenters. The van der Waals surface area contributed by atoms with Crippen LogP contribution in [0, 0.1) is 0 Å². The second kappa shape index (κ2) is 8.26. The van der Waals surface area contributed by atoms with Crippen LogP contribution in [-0.4, -0.2) is 30.4 Å². The van der Waals surface area contributed by atoms with Gasteiger partial charge in [-0.05, 0) is 30.3 Å². The molecule has 11 heteroatoms. The largest absolute Gasteiger partial charge is 0.466 e. The monoisotopic (exact) mass is 436 g/mol. The van der Waals surface area contributed by atoms with E-state index < -0.39 is 29.3 Å². The van der Waals surface area contributed by atoms with Crippen LogP contribution in [0.25, 0.3) is 0 Å². The van der Waals surface area contributed by atoms with Crippen molar-refractivity contribution in [3.05, 3.63) is 58.1 Å². The Morgan fingerprint density at radius 2 is 1.50 bits per heavy atom. The number of urea groups is 1. The molecule has 0 aliphatic heterocycles. The summed E-state index contributed by atoms with van der Waals surface area (Å²) < 4.78 is 43.6. The van der Waals surface area contributed by atoms with E-state index in [2.05, 4.69) is 15.4 Å². The van der Waals surface area contributed by atoms with E-state index in [0.29, 0.717) is 10.7 Å². The summed E-state index contributed by atoms with van der Waals surface area (Å²) in [5.74, 6) is -1.88. The third-order valence-corrected chi connectivity index (χ3v) is 4.37. The summed E-state index contributed by atoms with van der Waals surface area (Å²) in [6, 6.07) is 7.54. The van der Waals surface area contributed by atoms with E-state index in [1.54, 1.807) is 0 Å². The average molecular weight is 437 g/mol. The summed E-state index contributed by atoms with van der Waals surface area (Å²) in [6.45, 7) is 0. The number of esters is 1. The van der Waals surface area contributed by atoms with E-state index in [-0.39, 0.29) is 10.7 Å². The number of hydrogen-bond donors (Lipinski definition) is 3. The summed E-state index contributed by atoms with van der Waals surface area (Å²) in [5.41, 5.74) is -4.15. The zero-order valence-electron chi connectivity index (χ0n) is 14.1. The maximum absolute atomic E-state index is 13.2. The molecule has 0 fully saturated rings. The fraction of sp³-hybridized carbons (Fsp3) is 0.176. The minimum Gasteiger partial charge on any atom is -0.466 e. The lowest BCUT2D eigenvalue weighted by atomic mass is 9.93. The van der Waals surface area contributed by atoms with E-state index >= 15 is 0 Å². The number of anilines is 2. The van der Waals surface area contributed by atoms with Crippen LogP contribution in [0.4, 0.5) is 29.3 Å². The third kappa shape index (κ3) is 4.49. The summed E-state index contributed by atoms with van der Waals surface area (Å²) in [6.07, 6.45) is -5.31. The van der Waals surface area contributed by atoms with E-state index in [1.807, 2.05) is 0 Å². The SMILES string of the molecule is COC(=O)C(O)(c1ccc(NC(=O)Nc2ccc(Cl)c(Cl)c2)cc1)C(F)(F)F. The normalized spacial score (nSPS) is 13.4. The fourth-order valence-corrected chi connectivity index (χ4v) is 2.51. The average Bonchev–Trinajstić information content (AvgIpc) is 2.63. The van der Waals surface area contributed by atoms with Crippen molar-refractivity contribution in [3.8, 4) is 0 Å². The number of benzene rings is 2. The zero-order valence-corrected chi connectivity index (χ0v) is 15.6. The number of nitrogens with one attached hydrogen (secondary N) is 2. The van der Waals surface area contributed by atoms with Gasteiger partial charge >= 0.3 is 18.2 Å². The van der Waals surface area contributed by atoms with Crippen molar-refractivity contribution in [3.63, 3.8) is 0 Å². The molecule has 0 aliphatic rings. The maximum Gasteiger partial charge on any atom is 0.432 e. The molecule has 0 heterocycles. The van der Waals surface area contributed by atoms with Crippen LogP contribution in [0.5, 0.6) is 0 Å². The fourth-order valence-electron chi connectivity index (χ4n) is 2.21. The van der Waals surface area contributed by atoms with Crippen LogP contribution in [0.1, 0.15) is 5.56 Å². The number of hydrogen-bond acceptors (Lipinski definition) is 4. The topological polar surface area (TPSA) is 87.7 Å². The summed E-state index contributed by atoms with van der Waals surface area (Å²) in [5, 5.41) is 15.2. The van der Waals surface area contributed by atoms with Crippen LogP contribution in [0.3, 0.4) is 0 Å². The van der Waals surface area contributed by atoms with Crippen molar-refractivity contribution in [2.24, 2.45) is 0 Å². The molecule has 1 unspecified atom stereocenters. The van der Waals surface area contributed by atoms with Gasteiger partial charge in [0, 0.05) is 16.9 Å². The van der Waals surface area contributed by atoms with Gasteiger partial charge in [-0.1, -0.05) is 35.3 Å². The predicted molar refractivity (Wildman–Crippen MR) is 97.5 cm³/mol. The van der Waals surface area contributed by atoms with Gasteiger partial charge in [0.05, 0.1) is 17.2 Å². The first-order valence-corrected chi connectivity index (χ1v) is 8.25. The van der Waals surface area contributed by atoms with Crippen LogP contribution >= 0.6 is 23.2 Å². The number of carbonyl (C=O) groups excluding carboxylic acids is 2. The smallest absolute Gasteiger partial charge is 0.432 e. The quantitative estimate of drug-likeness (QED) is 0.613. The number of alkyl halides is 3. The van der Waals surface area contributed by atoms with Gasteiger partial charge in [-0.3, -0.25) is 0 Å². The molecule has 3 N–H and O–H groups in total. The van der Waals surface area contributed by atoms with Crippen LogP contribution in [-0.2, 0) is 15.1 Å². The van der Waals surface area contributed by atoms with Crippen molar-refractivity contribution in [2.75, 3.05) is 17.7 Å². The predicted octanol–water partition coefficient (Wildman–Crippen LogP) is 4.56. The van der Waals surface area contributed by atoms with E-state index in [4.69, 9.17) is 23.2 Å². The van der Waals surface area contributed by atoms with Crippen molar-refractivity contribution in [1.29, 1.82) is 0 Å². The van der Waals surface area contributed by atoms with Crippen LogP contribution in [0.15, 0.2) is 42.5 Å². The number of halogens is 5. The molecule has 6 nitrogen and oxygen atoms in total. The minimum absolute atomic E-state index is 0.107. The molecule has 150 valence electrons. The summed E-state index contributed by atoms with van der Waals surface area (Å²) in [7, 11) is 0.725. The van der Waals surface area contributed by atoms with Gasteiger partial charge in [0.1, 0.15) is 0 Å². The van der Waals surface area contributed by atoms with Crippen molar-refractivity contribution in [1.82, 2.24) is 0 Å². The van der Waals surface area contributed by atoms with E-state index in [1.165, 1.54) is 18.2 Å². The molecule has 2 aromatic carbocycles. The number of methoxy groups -OCH3 is 1. The molecular weight excluding hydrogens is 424 g/mol. The highest BCUT2D eigenvalue weighted by Gasteiger charge is 2.62. The van der Waals surface area contributed by atoms with Gasteiger partial charge in [0.25, 0.3) is 5.60 Å². The Morgan fingerprint density at radius 1 is 0.964 bits per heavy atom. The van der Waals surface area contributed by atoms with Gasteiger partial charge < -0.3 is 20.5 Å². The maximum atomic E-state index is 13.2. The van der Waals surface area contributed by atoms with Crippen LogP contribution in [0.2, 0.25) is 10.0 Å². The van der Waals surface area contributed by atoms with Gasteiger partial charge in [-0.25, -0.2) is 9.59 Å². The Morgan fingerprint density at radius 3 is 2.00 bits per heavy atom. The molecule has 0 bridgehead atoms. The van der Waals surface area contributed by atoms with Crippen molar-refractivity contribution >= 4 is 46.6 Å². The molecule has 0 radical (unpaired) electrons. The second-order valence-electron chi connectivity index (χ2n) is 5.49. The Hall–Kier alpha value is -2.49. The first-order chi connectivity index (χ1) is 13.0. The highest BCUT2D eigenvalue weighted by atomic mass is 35.5. The summed E-state index contributed by atoms with van der Waals surface area (Å²) in [4.78, 5) is 23.5. The van der Waals surface area contributed by atoms with Gasteiger partial charge in [-0.2, -0.15) is 13.2 Å². The molecule has 2 rings (SSSR count). The standard InChI is InChI=1S/C17H13Cl2F3N2O4/c1-28-14(25)16(27,17(20,21)22)9-2-4-10(5-3-9)23-15(26)24-11-6-7-12(18)13(19)8-11/h2-8,27H,1H3,(H2,23,24,26). The Bertz CT molecular complexity index is 891. The Balaban J connectivity index is 2.16. The lowest BCUT2D eigenvalue weighted by Crippen LogP contribution is -2.49. The number of ether oxygens (including phenoxy) is 1. The first-order valence-electron chi connectivity index (χ1n) is 7.50. The van der Waals surface area contributed by atoms with Gasteiger partial charge in [-0.15, -0.1) is 0 Å². The molecule has 2 amide bonds. The minimum atomic E-state index is -5.31. The van der Waals surface area contributed by atoms with Crippen molar-refractivity contribution in [2.45, 2.75) is 11.8 Å². The van der Waals surface area contributed by atoms with Gasteiger partial charge in [0.15, 0.2) is 0 Å².